The summed E-state index contributed by atoms with van der Waals surface area (Å²) in [5, 5.41) is 0. The molecule has 19 heavy (non-hydrogen) atoms. The van der Waals surface area contributed by atoms with Crippen LogP contribution in [0.25, 0.3) is 0 Å². The molecular formula is C12H12F4O3. The van der Waals surface area contributed by atoms with Gasteiger partial charge < -0.3 is 9.47 Å². The minimum absolute atomic E-state index is 0.0375. The molecule has 0 heterocycles. The molecule has 1 aromatic rings. The van der Waals surface area contributed by atoms with Crippen LogP contribution in [0.5, 0.6) is 5.75 Å². The fourth-order valence-electron chi connectivity index (χ4n) is 1.40. The van der Waals surface area contributed by atoms with E-state index in [-0.39, 0.29) is 25.0 Å². The molecule has 0 radical (unpaired) electrons. The number of hydrogen-bond acceptors (Lipinski definition) is 3. The van der Waals surface area contributed by atoms with Crippen LogP contribution >= 0.6 is 0 Å². The van der Waals surface area contributed by atoms with Crippen LogP contribution < -0.4 is 4.74 Å². The van der Waals surface area contributed by atoms with Gasteiger partial charge in [-0.05, 0) is 25.0 Å². The van der Waals surface area contributed by atoms with Gasteiger partial charge in [0.2, 0.25) is 0 Å². The number of carbonyl (C=O) groups is 1. The highest BCUT2D eigenvalue weighted by Gasteiger charge is 2.31. The number of aryl methyl sites for hydroxylation is 1. The average molecular weight is 280 g/mol. The van der Waals surface area contributed by atoms with Crippen molar-refractivity contribution in [2.45, 2.75) is 26.1 Å². The number of esters is 1. The van der Waals surface area contributed by atoms with E-state index < -0.39 is 23.9 Å². The molecule has 106 valence electrons. The Morgan fingerprint density at radius 1 is 1.32 bits per heavy atom. The van der Waals surface area contributed by atoms with Gasteiger partial charge in [0.05, 0.1) is 6.61 Å². The molecule has 0 fully saturated rings. The van der Waals surface area contributed by atoms with Crippen molar-refractivity contribution in [1.82, 2.24) is 0 Å². The first-order chi connectivity index (χ1) is 8.81. The SMILES string of the molecule is CCOC(=O)CCc1ccc(OC(F)(F)F)cc1F. The molecule has 0 spiro atoms. The fourth-order valence-corrected chi connectivity index (χ4v) is 1.40. The summed E-state index contributed by atoms with van der Waals surface area (Å²) in [6, 6.07) is 2.78. The van der Waals surface area contributed by atoms with Gasteiger partial charge in [0.25, 0.3) is 0 Å². The molecule has 0 atom stereocenters. The minimum atomic E-state index is -4.86. The van der Waals surface area contributed by atoms with Crippen LogP contribution in [-0.2, 0) is 16.0 Å². The summed E-state index contributed by atoms with van der Waals surface area (Å²) in [5.74, 6) is -1.98. The Bertz CT molecular complexity index is 443. The van der Waals surface area contributed by atoms with Gasteiger partial charge in [0.1, 0.15) is 11.6 Å². The third-order valence-corrected chi connectivity index (χ3v) is 2.16. The maximum absolute atomic E-state index is 13.5. The van der Waals surface area contributed by atoms with Gasteiger partial charge in [-0.25, -0.2) is 4.39 Å². The molecule has 3 nitrogen and oxygen atoms in total. The van der Waals surface area contributed by atoms with Crippen LogP contribution in [0.2, 0.25) is 0 Å². The molecule has 0 aliphatic heterocycles. The van der Waals surface area contributed by atoms with Crippen molar-refractivity contribution in [1.29, 1.82) is 0 Å². The standard InChI is InChI=1S/C12H12F4O3/c1-2-18-11(17)6-4-8-3-5-9(7-10(8)13)19-12(14,15)16/h3,5,7H,2,4,6H2,1H3. The minimum Gasteiger partial charge on any atom is -0.466 e. The zero-order chi connectivity index (χ0) is 14.5. The van der Waals surface area contributed by atoms with E-state index in [9.17, 15) is 22.4 Å². The molecular weight excluding hydrogens is 268 g/mol. The summed E-state index contributed by atoms with van der Waals surface area (Å²) in [6.45, 7) is 1.86. The van der Waals surface area contributed by atoms with E-state index in [1.54, 1.807) is 6.92 Å². The topological polar surface area (TPSA) is 35.5 Å². The Kier molecular flexibility index (Phi) is 5.14. The summed E-state index contributed by atoms with van der Waals surface area (Å²) in [5.41, 5.74) is 0.127. The lowest BCUT2D eigenvalue weighted by Crippen LogP contribution is -2.17. The lowest BCUT2D eigenvalue weighted by atomic mass is 10.1. The van der Waals surface area contributed by atoms with E-state index in [1.165, 1.54) is 0 Å². The van der Waals surface area contributed by atoms with Gasteiger partial charge in [-0.1, -0.05) is 6.07 Å². The van der Waals surface area contributed by atoms with Crippen molar-refractivity contribution in [3.63, 3.8) is 0 Å². The fraction of sp³-hybridized carbons (Fsp3) is 0.417. The van der Waals surface area contributed by atoms with E-state index in [0.29, 0.717) is 6.07 Å². The van der Waals surface area contributed by atoms with Crippen molar-refractivity contribution >= 4 is 5.97 Å². The third-order valence-electron chi connectivity index (χ3n) is 2.16. The average Bonchev–Trinajstić information content (AvgIpc) is 2.26. The molecule has 1 aromatic carbocycles. The highest BCUT2D eigenvalue weighted by Crippen LogP contribution is 2.24. The first-order valence-corrected chi connectivity index (χ1v) is 5.51. The summed E-state index contributed by atoms with van der Waals surface area (Å²) in [4.78, 5) is 11.1. The first kappa shape index (κ1) is 15.3. The van der Waals surface area contributed by atoms with Crippen molar-refractivity contribution < 1.29 is 31.8 Å². The summed E-state index contributed by atoms with van der Waals surface area (Å²) < 4.78 is 57.4. The molecule has 0 saturated carbocycles. The molecule has 0 amide bonds. The number of benzene rings is 1. The molecule has 0 saturated heterocycles. The predicted molar refractivity (Wildman–Crippen MR) is 58.0 cm³/mol. The Morgan fingerprint density at radius 3 is 2.53 bits per heavy atom. The third kappa shape index (κ3) is 5.58. The Labute approximate surface area is 107 Å². The van der Waals surface area contributed by atoms with Crippen molar-refractivity contribution in [2.75, 3.05) is 6.61 Å². The second-order valence-corrected chi connectivity index (χ2v) is 3.61. The molecule has 7 heteroatoms. The normalized spacial score (nSPS) is 11.2. The molecule has 0 bridgehead atoms. The molecule has 0 aromatic heterocycles. The van der Waals surface area contributed by atoms with Gasteiger partial charge in [-0.15, -0.1) is 13.2 Å². The van der Waals surface area contributed by atoms with Crippen LogP contribution in [0, 0.1) is 5.82 Å². The lowest BCUT2D eigenvalue weighted by Gasteiger charge is -2.10. The zero-order valence-electron chi connectivity index (χ0n) is 10.1. The van der Waals surface area contributed by atoms with Crippen molar-refractivity contribution in [3.8, 4) is 5.75 Å². The number of hydrogen-bond donors (Lipinski definition) is 0. The van der Waals surface area contributed by atoms with Gasteiger partial charge in [0.15, 0.2) is 0 Å². The van der Waals surface area contributed by atoms with Gasteiger partial charge in [-0.2, -0.15) is 0 Å². The molecule has 0 aliphatic carbocycles. The molecule has 0 aliphatic rings. The molecule has 0 N–H and O–H groups in total. The Hall–Kier alpha value is -1.79. The maximum atomic E-state index is 13.5. The van der Waals surface area contributed by atoms with Crippen molar-refractivity contribution in [3.05, 3.63) is 29.6 Å². The molecule has 0 unspecified atom stereocenters. The van der Waals surface area contributed by atoms with E-state index >= 15 is 0 Å². The first-order valence-electron chi connectivity index (χ1n) is 5.51. The van der Waals surface area contributed by atoms with E-state index in [0.717, 1.165) is 12.1 Å². The van der Waals surface area contributed by atoms with Crippen LogP contribution in [0.1, 0.15) is 18.9 Å². The lowest BCUT2D eigenvalue weighted by molar-refractivity contribution is -0.274. The maximum Gasteiger partial charge on any atom is 0.573 e. The Morgan fingerprint density at radius 2 is 2.00 bits per heavy atom. The van der Waals surface area contributed by atoms with E-state index in [2.05, 4.69) is 9.47 Å². The quantitative estimate of drug-likeness (QED) is 0.613. The zero-order valence-corrected chi connectivity index (χ0v) is 10.1. The van der Waals surface area contributed by atoms with Crippen LogP contribution in [0.3, 0.4) is 0 Å². The largest absolute Gasteiger partial charge is 0.573 e. The van der Waals surface area contributed by atoms with Gasteiger partial charge in [0, 0.05) is 12.5 Å². The summed E-state index contributed by atoms with van der Waals surface area (Å²) in [7, 11) is 0. The van der Waals surface area contributed by atoms with Crippen LogP contribution in [0.15, 0.2) is 18.2 Å². The second-order valence-electron chi connectivity index (χ2n) is 3.61. The van der Waals surface area contributed by atoms with Crippen LogP contribution in [-0.4, -0.2) is 18.9 Å². The highest BCUT2D eigenvalue weighted by molar-refractivity contribution is 5.69. The van der Waals surface area contributed by atoms with Gasteiger partial charge >= 0.3 is 12.3 Å². The number of ether oxygens (including phenoxy) is 2. The monoisotopic (exact) mass is 280 g/mol. The number of carbonyl (C=O) groups excluding carboxylic acids is 1. The second kappa shape index (κ2) is 6.40. The van der Waals surface area contributed by atoms with E-state index in [4.69, 9.17) is 0 Å². The number of alkyl halides is 3. The highest BCUT2D eigenvalue weighted by atomic mass is 19.4. The smallest absolute Gasteiger partial charge is 0.466 e. The predicted octanol–water partition coefficient (Wildman–Crippen LogP) is 3.22. The number of halogens is 4. The summed E-state index contributed by atoms with van der Waals surface area (Å²) in [6.07, 6.45) is -4.85. The van der Waals surface area contributed by atoms with Crippen molar-refractivity contribution in [2.24, 2.45) is 0 Å². The molecule has 1 rings (SSSR count). The summed E-state index contributed by atoms with van der Waals surface area (Å²) >= 11 is 0. The number of rotatable bonds is 5. The Balaban J connectivity index is 2.64. The van der Waals surface area contributed by atoms with E-state index in [1.807, 2.05) is 0 Å². The van der Waals surface area contributed by atoms with Crippen LogP contribution in [0.4, 0.5) is 17.6 Å². The van der Waals surface area contributed by atoms with Gasteiger partial charge in [-0.3, -0.25) is 4.79 Å².